The molecule has 7 heteroatoms. The summed E-state index contributed by atoms with van der Waals surface area (Å²) < 4.78 is 1.82. The lowest BCUT2D eigenvalue weighted by atomic mass is 9.83. The molecule has 1 aliphatic rings. The van der Waals surface area contributed by atoms with Gasteiger partial charge >= 0.3 is 0 Å². The van der Waals surface area contributed by atoms with Gasteiger partial charge in [0.1, 0.15) is 5.92 Å². The Morgan fingerprint density at radius 2 is 1.72 bits per heavy atom. The molecule has 0 aliphatic carbocycles. The first-order valence-corrected chi connectivity index (χ1v) is 11.7. The molecule has 0 bridgehead atoms. The highest BCUT2D eigenvalue weighted by atomic mass is 35.5. The number of aliphatic imine (C=N–C) groups is 1. The molecule has 2 heterocycles. The van der Waals surface area contributed by atoms with Crippen LogP contribution in [0.1, 0.15) is 43.9 Å². The van der Waals surface area contributed by atoms with Gasteiger partial charge in [0.05, 0.1) is 28.0 Å². The maximum absolute atomic E-state index is 14.1. The fourth-order valence-electron chi connectivity index (χ4n) is 4.30. The minimum Gasteiger partial charge on any atom is -0.342 e. The van der Waals surface area contributed by atoms with Gasteiger partial charge in [-0.25, -0.2) is 9.67 Å². The van der Waals surface area contributed by atoms with Crippen LogP contribution in [-0.4, -0.2) is 39.4 Å². The smallest absolute Gasteiger partial charge is 0.234 e. The first-order valence-electron chi connectivity index (χ1n) is 11.0. The third kappa shape index (κ3) is 4.32. The fourth-order valence-corrected chi connectivity index (χ4v) is 4.60. The van der Waals surface area contributed by atoms with Gasteiger partial charge in [-0.05, 0) is 36.1 Å². The molecule has 3 aromatic rings. The summed E-state index contributed by atoms with van der Waals surface area (Å²) in [4.78, 5) is 20.9. The van der Waals surface area contributed by atoms with E-state index in [1.807, 2.05) is 58.1 Å². The zero-order chi connectivity index (χ0) is 22.7. The topological polar surface area (TPSA) is 50.5 Å². The van der Waals surface area contributed by atoms with Gasteiger partial charge in [0.25, 0.3) is 0 Å². The molecule has 0 radical (unpaired) electrons. The van der Waals surface area contributed by atoms with Gasteiger partial charge in [0, 0.05) is 19.2 Å². The molecule has 32 heavy (non-hydrogen) atoms. The van der Waals surface area contributed by atoms with E-state index in [9.17, 15) is 4.79 Å². The van der Waals surface area contributed by atoms with E-state index in [0.29, 0.717) is 29.0 Å². The lowest BCUT2D eigenvalue weighted by molar-refractivity contribution is -0.134. The Balaban J connectivity index is 1.91. The van der Waals surface area contributed by atoms with Crippen LogP contribution in [0.15, 0.2) is 65.8 Å². The van der Waals surface area contributed by atoms with Crippen molar-refractivity contribution >= 4 is 40.6 Å². The number of nitrogens with zero attached hydrogens (tertiary/aromatic N) is 4. The molecular formula is C25H26Cl2N4O. The summed E-state index contributed by atoms with van der Waals surface area (Å²) in [5, 5.41) is 5.47. The minimum atomic E-state index is -0.542. The Morgan fingerprint density at radius 3 is 2.38 bits per heavy atom. The van der Waals surface area contributed by atoms with E-state index in [0.717, 1.165) is 29.7 Å². The molecule has 0 saturated carbocycles. The van der Waals surface area contributed by atoms with Crippen molar-refractivity contribution in [1.29, 1.82) is 0 Å². The van der Waals surface area contributed by atoms with Gasteiger partial charge in [-0.3, -0.25) is 4.79 Å². The van der Waals surface area contributed by atoms with Crippen LogP contribution in [0, 0.1) is 5.92 Å². The first kappa shape index (κ1) is 22.6. The van der Waals surface area contributed by atoms with Crippen LogP contribution in [0.2, 0.25) is 10.0 Å². The average Bonchev–Trinajstić information content (AvgIpc) is 3.28. The van der Waals surface area contributed by atoms with E-state index in [1.54, 1.807) is 12.3 Å². The Kier molecular flexibility index (Phi) is 6.97. The van der Waals surface area contributed by atoms with Crippen molar-refractivity contribution in [1.82, 2.24) is 14.7 Å². The lowest BCUT2D eigenvalue weighted by Crippen LogP contribution is -2.46. The van der Waals surface area contributed by atoms with Gasteiger partial charge in [-0.2, -0.15) is 5.10 Å². The Bertz CT molecular complexity index is 1120. The summed E-state index contributed by atoms with van der Waals surface area (Å²) in [6, 6.07) is 16.9. The van der Waals surface area contributed by atoms with E-state index in [1.165, 1.54) is 0 Å². The number of amides is 1. The highest BCUT2D eigenvalue weighted by molar-refractivity contribution is 6.42. The van der Waals surface area contributed by atoms with Crippen LogP contribution in [0.5, 0.6) is 0 Å². The molecule has 5 nitrogen and oxygen atoms in total. The minimum absolute atomic E-state index is 0.0496. The molecule has 2 unspecified atom stereocenters. The molecule has 0 N–H and O–H groups in total. The Morgan fingerprint density at radius 1 is 1.00 bits per heavy atom. The van der Waals surface area contributed by atoms with Crippen molar-refractivity contribution in [3.05, 3.63) is 82.0 Å². The first-order chi connectivity index (χ1) is 15.5. The Labute approximate surface area is 198 Å². The molecule has 1 aliphatic heterocycles. The molecular weight excluding hydrogens is 443 g/mol. The third-order valence-electron chi connectivity index (χ3n) is 5.68. The number of benzene rings is 2. The predicted octanol–water partition coefficient (Wildman–Crippen LogP) is 6.18. The van der Waals surface area contributed by atoms with E-state index < -0.39 is 5.92 Å². The molecule has 1 amide bonds. The summed E-state index contributed by atoms with van der Waals surface area (Å²) in [5.41, 5.74) is 2.55. The van der Waals surface area contributed by atoms with E-state index in [-0.39, 0.29) is 11.9 Å². The zero-order valence-corrected chi connectivity index (χ0v) is 19.7. The molecule has 2 atom stereocenters. The van der Waals surface area contributed by atoms with E-state index >= 15 is 0 Å². The molecule has 0 spiro atoms. The third-order valence-corrected chi connectivity index (χ3v) is 6.42. The number of carbonyl (C=O) groups excluding carboxylic acids is 1. The highest BCUT2D eigenvalue weighted by Crippen LogP contribution is 2.40. The molecule has 2 aromatic carbocycles. The lowest BCUT2D eigenvalue weighted by Gasteiger charge is -2.36. The van der Waals surface area contributed by atoms with Crippen LogP contribution in [0.25, 0.3) is 0 Å². The second kappa shape index (κ2) is 9.88. The fraction of sp³-hybridized carbons (Fsp3) is 0.320. The van der Waals surface area contributed by atoms with Crippen molar-refractivity contribution in [3.63, 3.8) is 0 Å². The predicted molar refractivity (Wildman–Crippen MR) is 130 cm³/mol. The number of hydrogen-bond acceptors (Lipinski definition) is 3. The van der Waals surface area contributed by atoms with Crippen LogP contribution < -0.4 is 0 Å². The summed E-state index contributed by atoms with van der Waals surface area (Å²) in [6.07, 6.45) is 3.50. The maximum atomic E-state index is 14.1. The number of hydrogen-bond donors (Lipinski definition) is 0. The van der Waals surface area contributed by atoms with Crippen molar-refractivity contribution in [2.45, 2.75) is 32.7 Å². The average molecular weight is 469 g/mol. The molecule has 4 rings (SSSR count). The van der Waals surface area contributed by atoms with E-state index in [4.69, 9.17) is 28.2 Å². The van der Waals surface area contributed by atoms with Gasteiger partial charge in [-0.1, -0.05) is 73.4 Å². The highest BCUT2D eigenvalue weighted by Gasteiger charge is 2.42. The van der Waals surface area contributed by atoms with Crippen molar-refractivity contribution in [3.8, 4) is 0 Å². The van der Waals surface area contributed by atoms with Crippen LogP contribution in [0.4, 0.5) is 5.82 Å². The van der Waals surface area contributed by atoms with Gasteiger partial charge in [0.2, 0.25) is 5.91 Å². The number of carbonyl (C=O) groups is 1. The van der Waals surface area contributed by atoms with Gasteiger partial charge < -0.3 is 4.90 Å². The SMILES string of the molecule is CCCN(CCC)C(=O)C1C(c2ccccc2)=Nc2ccnn2C1c1ccc(Cl)c(Cl)c1. The van der Waals surface area contributed by atoms with Crippen molar-refractivity contribution in [2.75, 3.05) is 13.1 Å². The van der Waals surface area contributed by atoms with Crippen molar-refractivity contribution in [2.24, 2.45) is 10.9 Å². The van der Waals surface area contributed by atoms with Crippen LogP contribution in [-0.2, 0) is 4.79 Å². The largest absolute Gasteiger partial charge is 0.342 e. The number of aromatic nitrogens is 2. The van der Waals surface area contributed by atoms with Crippen LogP contribution in [0.3, 0.4) is 0 Å². The monoisotopic (exact) mass is 468 g/mol. The zero-order valence-electron chi connectivity index (χ0n) is 18.2. The molecule has 166 valence electrons. The Hall–Kier alpha value is -2.63. The second-order valence-electron chi connectivity index (χ2n) is 7.92. The number of halogens is 2. The summed E-state index contributed by atoms with van der Waals surface area (Å²) in [5.74, 6) is 0.218. The quantitative estimate of drug-likeness (QED) is 0.415. The maximum Gasteiger partial charge on any atom is 0.234 e. The molecule has 1 aromatic heterocycles. The van der Waals surface area contributed by atoms with E-state index in [2.05, 4.69) is 18.9 Å². The molecule has 0 saturated heterocycles. The van der Waals surface area contributed by atoms with Crippen LogP contribution >= 0.6 is 23.2 Å². The van der Waals surface area contributed by atoms with Crippen molar-refractivity contribution < 1.29 is 4.79 Å². The second-order valence-corrected chi connectivity index (χ2v) is 8.73. The van der Waals surface area contributed by atoms with Gasteiger partial charge in [0.15, 0.2) is 5.82 Å². The summed E-state index contributed by atoms with van der Waals surface area (Å²) in [7, 11) is 0. The number of rotatable bonds is 7. The summed E-state index contributed by atoms with van der Waals surface area (Å²) in [6.45, 7) is 5.58. The summed E-state index contributed by atoms with van der Waals surface area (Å²) >= 11 is 12.6. The number of fused-ring (bicyclic) bond motifs is 1. The standard InChI is InChI=1S/C25H26Cl2N4O/c1-3-14-30(15-4-2)25(32)22-23(17-8-6-5-7-9-17)29-21-12-13-28-31(21)24(22)18-10-11-19(26)20(27)16-18/h5-13,16,22,24H,3-4,14-15H2,1-2H3. The molecule has 0 fully saturated rings. The normalized spacial score (nSPS) is 17.6. The van der Waals surface area contributed by atoms with Gasteiger partial charge in [-0.15, -0.1) is 0 Å².